The molecule has 0 aliphatic heterocycles. The summed E-state index contributed by atoms with van der Waals surface area (Å²) in [5.41, 5.74) is 0.675. The lowest BCUT2D eigenvalue weighted by atomic mass is 10.3. The average molecular weight is 194 g/mol. The summed E-state index contributed by atoms with van der Waals surface area (Å²) in [4.78, 5) is 14.0. The molecule has 1 aliphatic carbocycles. The smallest absolute Gasteiger partial charge is 0.329 e. The van der Waals surface area contributed by atoms with Crippen LogP contribution in [-0.4, -0.2) is 16.0 Å². The normalized spacial score (nSPS) is 15.2. The molecule has 1 aliphatic rings. The van der Waals surface area contributed by atoms with Crippen LogP contribution in [0.15, 0.2) is 12.3 Å². The summed E-state index contributed by atoms with van der Waals surface area (Å²) in [6.07, 6.45) is 3.37. The maximum atomic E-state index is 10.6. The van der Waals surface area contributed by atoms with Crippen LogP contribution < -0.4 is 4.74 Å². The van der Waals surface area contributed by atoms with Gasteiger partial charge in [-0.1, -0.05) is 0 Å². The summed E-state index contributed by atoms with van der Waals surface area (Å²) in [5.74, 6) is 0.338. The van der Waals surface area contributed by atoms with Crippen molar-refractivity contribution in [1.82, 2.24) is 4.98 Å². The Kier molecular flexibility index (Phi) is 2.07. The molecule has 0 unspecified atom stereocenters. The van der Waals surface area contributed by atoms with Gasteiger partial charge >= 0.3 is 5.69 Å². The maximum absolute atomic E-state index is 10.6. The van der Waals surface area contributed by atoms with E-state index in [0.717, 1.165) is 18.5 Å². The van der Waals surface area contributed by atoms with E-state index in [2.05, 4.69) is 4.98 Å². The summed E-state index contributed by atoms with van der Waals surface area (Å²) >= 11 is 0. The summed E-state index contributed by atoms with van der Waals surface area (Å²) in [6, 6.07) is 1.61. The molecule has 0 amide bonds. The van der Waals surface area contributed by atoms with Gasteiger partial charge in [-0.15, -0.1) is 0 Å². The fourth-order valence-electron chi connectivity index (χ4n) is 1.12. The van der Waals surface area contributed by atoms with E-state index in [1.54, 1.807) is 13.0 Å². The first-order valence-corrected chi connectivity index (χ1v) is 4.44. The summed E-state index contributed by atoms with van der Waals surface area (Å²) in [6.45, 7) is 1.78. The van der Waals surface area contributed by atoms with Crippen LogP contribution in [0, 0.1) is 17.0 Å². The van der Waals surface area contributed by atoms with Crippen LogP contribution in [0.3, 0.4) is 0 Å². The molecule has 14 heavy (non-hydrogen) atoms. The number of pyridine rings is 1. The molecule has 74 valence electrons. The van der Waals surface area contributed by atoms with Gasteiger partial charge in [0.15, 0.2) is 0 Å². The Bertz CT molecular complexity index is 374. The van der Waals surface area contributed by atoms with Crippen molar-refractivity contribution in [2.24, 2.45) is 0 Å². The lowest BCUT2D eigenvalue weighted by Gasteiger charge is -2.04. The number of nitro groups is 1. The Morgan fingerprint density at radius 1 is 1.64 bits per heavy atom. The average Bonchev–Trinajstić information content (AvgIpc) is 2.87. The highest BCUT2D eigenvalue weighted by molar-refractivity contribution is 5.45. The number of hydrogen-bond donors (Lipinski definition) is 0. The molecule has 1 aromatic heterocycles. The molecule has 1 saturated carbocycles. The molecule has 5 nitrogen and oxygen atoms in total. The molecule has 5 heteroatoms. The van der Waals surface area contributed by atoms with E-state index in [4.69, 9.17) is 4.74 Å². The quantitative estimate of drug-likeness (QED) is 0.544. The van der Waals surface area contributed by atoms with Gasteiger partial charge in [-0.25, -0.2) is 0 Å². The van der Waals surface area contributed by atoms with Crippen molar-refractivity contribution in [3.63, 3.8) is 0 Å². The molecule has 2 rings (SSSR count). The largest absolute Gasteiger partial charge is 0.483 e. The molecular weight excluding hydrogens is 184 g/mol. The second-order valence-corrected chi connectivity index (χ2v) is 3.37. The predicted octanol–water partition coefficient (Wildman–Crippen LogP) is 1.84. The molecule has 1 aromatic rings. The van der Waals surface area contributed by atoms with Gasteiger partial charge in [0.2, 0.25) is 5.75 Å². The van der Waals surface area contributed by atoms with Crippen LogP contribution in [0.2, 0.25) is 0 Å². The van der Waals surface area contributed by atoms with Gasteiger partial charge < -0.3 is 4.74 Å². The minimum absolute atomic E-state index is 0.0532. The van der Waals surface area contributed by atoms with Gasteiger partial charge in [-0.2, -0.15) is 0 Å². The van der Waals surface area contributed by atoms with Crippen LogP contribution in [0.1, 0.15) is 18.5 Å². The Balaban J connectivity index is 2.31. The Morgan fingerprint density at radius 2 is 2.36 bits per heavy atom. The lowest BCUT2D eigenvalue weighted by molar-refractivity contribution is -0.386. The minimum Gasteiger partial charge on any atom is -0.483 e. The molecule has 0 saturated heterocycles. The monoisotopic (exact) mass is 194 g/mol. The summed E-state index contributed by atoms with van der Waals surface area (Å²) < 4.78 is 5.42. The minimum atomic E-state index is -0.468. The summed E-state index contributed by atoms with van der Waals surface area (Å²) in [5, 5.41) is 10.6. The van der Waals surface area contributed by atoms with E-state index >= 15 is 0 Å². The van der Waals surface area contributed by atoms with Crippen molar-refractivity contribution in [2.45, 2.75) is 25.9 Å². The zero-order valence-electron chi connectivity index (χ0n) is 7.77. The first-order valence-electron chi connectivity index (χ1n) is 4.44. The second-order valence-electron chi connectivity index (χ2n) is 3.37. The van der Waals surface area contributed by atoms with E-state index in [1.165, 1.54) is 6.20 Å². The number of rotatable bonds is 3. The van der Waals surface area contributed by atoms with Crippen molar-refractivity contribution in [3.05, 3.63) is 28.1 Å². The van der Waals surface area contributed by atoms with Gasteiger partial charge in [0.05, 0.1) is 11.0 Å². The third-order valence-electron chi connectivity index (χ3n) is 2.00. The number of ether oxygens (including phenoxy) is 1. The van der Waals surface area contributed by atoms with Crippen molar-refractivity contribution in [2.75, 3.05) is 0 Å². The van der Waals surface area contributed by atoms with Crippen molar-refractivity contribution < 1.29 is 9.66 Å². The van der Waals surface area contributed by atoms with Gasteiger partial charge in [0.1, 0.15) is 6.20 Å². The van der Waals surface area contributed by atoms with E-state index < -0.39 is 4.92 Å². The highest BCUT2D eigenvalue weighted by Crippen LogP contribution is 2.32. The van der Waals surface area contributed by atoms with Crippen LogP contribution >= 0.6 is 0 Å². The van der Waals surface area contributed by atoms with Gasteiger partial charge in [-0.05, 0) is 19.8 Å². The van der Waals surface area contributed by atoms with Crippen molar-refractivity contribution >= 4 is 5.69 Å². The fraction of sp³-hybridized carbons (Fsp3) is 0.444. The Labute approximate surface area is 80.9 Å². The summed E-state index contributed by atoms with van der Waals surface area (Å²) in [7, 11) is 0. The van der Waals surface area contributed by atoms with E-state index in [-0.39, 0.29) is 11.8 Å². The standard InChI is InChI=1S/C9H10N2O3/c1-6-4-9(14-7-2-3-7)8(5-10-6)11(12)13/h4-5,7H,2-3H2,1H3. The first-order chi connectivity index (χ1) is 6.66. The van der Waals surface area contributed by atoms with Crippen LogP contribution in [0.4, 0.5) is 5.69 Å². The SMILES string of the molecule is Cc1cc(OC2CC2)c([N+](=O)[O-])cn1. The zero-order chi connectivity index (χ0) is 10.1. The first kappa shape index (κ1) is 8.93. The fourth-order valence-corrected chi connectivity index (χ4v) is 1.12. The van der Waals surface area contributed by atoms with Gasteiger partial charge in [-0.3, -0.25) is 15.1 Å². The molecule has 0 bridgehead atoms. The number of nitrogens with zero attached hydrogens (tertiary/aromatic N) is 2. The molecule has 0 aromatic carbocycles. The third kappa shape index (κ3) is 1.81. The Hall–Kier alpha value is -1.65. The molecule has 0 radical (unpaired) electrons. The van der Waals surface area contributed by atoms with E-state index in [1.807, 2.05) is 0 Å². The number of aryl methyl sites for hydroxylation is 1. The van der Waals surface area contributed by atoms with Crippen LogP contribution in [-0.2, 0) is 0 Å². The van der Waals surface area contributed by atoms with Gasteiger partial charge in [0, 0.05) is 11.8 Å². The molecule has 1 fully saturated rings. The third-order valence-corrected chi connectivity index (χ3v) is 2.00. The zero-order valence-corrected chi connectivity index (χ0v) is 7.77. The lowest BCUT2D eigenvalue weighted by Crippen LogP contribution is -2.01. The van der Waals surface area contributed by atoms with Crippen LogP contribution in [0.25, 0.3) is 0 Å². The number of hydrogen-bond acceptors (Lipinski definition) is 4. The predicted molar refractivity (Wildman–Crippen MR) is 49.3 cm³/mol. The molecular formula is C9H10N2O3. The van der Waals surface area contributed by atoms with Crippen molar-refractivity contribution in [3.8, 4) is 5.75 Å². The second kappa shape index (κ2) is 3.25. The molecule has 1 heterocycles. The highest BCUT2D eigenvalue weighted by atomic mass is 16.6. The van der Waals surface area contributed by atoms with Crippen LogP contribution in [0.5, 0.6) is 5.75 Å². The number of aromatic nitrogens is 1. The molecule has 0 atom stereocenters. The highest BCUT2D eigenvalue weighted by Gasteiger charge is 2.27. The van der Waals surface area contributed by atoms with E-state index in [9.17, 15) is 10.1 Å². The maximum Gasteiger partial charge on any atom is 0.329 e. The van der Waals surface area contributed by atoms with E-state index in [0.29, 0.717) is 5.75 Å². The van der Waals surface area contributed by atoms with Gasteiger partial charge in [0.25, 0.3) is 0 Å². The van der Waals surface area contributed by atoms with Crippen molar-refractivity contribution in [1.29, 1.82) is 0 Å². The molecule has 0 spiro atoms. The topological polar surface area (TPSA) is 65.3 Å². The molecule has 0 N–H and O–H groups in total. The Morgan fingerprint density at radius 3 is 2.93 bits per heavy atom.